The van der Waals surface area contributed by atoms with E-state index in [4.69, 9.17) is 14.2 Å². The van der Waals surface area contributed by atoms with Crippen LogP contribution in [0.4, 0.5) is 5.69 Å². The Morgan fingerprint density at radius 1 is 1.03 bits per heavy atom. The summed E-state index contributed by atoms with van der Waals surface area (Å²) in [7, 11) is 4.74. The minimum atomic E-state index is 0.0453. The molecule has 2 aromatic carbocycles. The van der Waals surface area contributed by atoms with Crippen molar-refractivity contribution in [3.63, 3.8) is 0 Å². The highest BCUT2D eigenvalue weighted by atomic mass is 16.5. The van der Waals surface area contributed by atoms with Gasteiger partial charge in [-0.2, -0.15) is 0 Å². The van der Waals surface area contributed by atoms with Gasteiger partial charge >= 0.3 is 0 Å². The average molecular weight is 429 g/mol. The molecule has 1 aliphatic heterocycles. The quantitative estimate of drug-likeness (QED) is 0.665. The number of aryl methyl sites for hydroxylation is 1. The second-order valence-corrected chi connectivity index (χ2v) is 7.94. The molecule has 7 nitrogen and oxygen atoms in total. The molecule has 31 heavy (non-hydrogen) atoms. The minimum absolute atomic E-state index is 0.0453. The molecule has 7 heteroatoms. The molecule has 2 aromatic rings. The van der Waals surface area contributed by atoms with Crippen molar-refractivity contribution in [2.75, 3.05) is 59.0 Å². The standard InChI is InChI=1S/C24H33N3O4/c1-17-7-6-8-20(18(17)2)27-11-9-26(10-12-27)16-23(28)25-15-19-13-21(29-3)24(31-5)22(14-19)30-4/h6-8,13-14H,9-12,15-16H2,1-5H3,(H,25,28)/p+1. The number of anilines is 1. The van der Waals surface area contributed by atoms with Gasteiger partial charge in [-0.05, 0) is 48.7 Å². The molecule has 1 amide bonds. The first-order chi connectivity index (χ1) is 15.0. The normalized spacial score (nSPS) is 14.3. The molecule has 1 saturated heterocycles. The van der Waals surface area contributed by atoms with E-state index in [1.807, 2.05) is 12.1 Å². The zero-order valence-electron chi connectivity index (χ0n) is 19.2. The number of nitrogens with one attached hydrogen (secondary N) is 2. The Balaban J connectivity index is 1.51. The van der Waals surface area contributed by atoms with E-state index in [-0.39, 0.29) is 5.91 Å². The van der Waals surface area contributed by atoms with Crippen molar-refractivity contribution in [2.45, 2.75) is 20.4 Å². The maximum Gasteiger partial charge on any atom is 0.275 e. The van der Waals surface area contributed by atoms with E-state index in [9.17, 15) is 4.79 Å². The van der Waals surface area contributed by atoms with Gasteiger partial charge in [0.2, 0.25) is 5.75 Å². The molecular weight excluding hydrogens is 394 g/mol. The van der Waals surface area contributed by atoms with Crippen LogP contribution < -0.4 is 29.3 Å². The largest absolute Gasteiger partial charge is 0.493 e. The van der Waals surface area contributed by atoms with E-state index >= 15 is 0 Å². The summed E-state index contributed by atoms with van der Waals surface area (Å²) in [6.07, 6.45) is 0. The number of nitrogens with zero attached hydrogens (tertiary/aromatic N) is 1. The van der Waals surface area contributed by atoms with E-state index in [1.54, 1.807) is 21.3 Å². The van der Waals surface area contributed by atoms with Crippen molar-refractivity contribution in [2.24, 2.45) is 0 Å². The van der Waals surface area contributed by atoms with Crippen molar-refractivity contribution >= 4 is 11.6 Å². The predicted octanol–water partition coefficient (Wildman–Crippen LogP) is 1.35. The SMILES string of the molecule is COc1cc(CNC(=O)C[NH+]2CCN(c3cccc(C)c3C)CC2)cc(OC)c1OC. The van der Waals surface area contributed by atoms with Crippen molar-refractivity contribution in [3.8, 4) is 17.2 Å². The van der Waals surface area contributed by atoms with E-state index < -0.39 is 0 Å². The molecular formula is C24H34N3O4+. The van der Waals surface area contributed by atoms with Crippen molar-refractivity contribution in [1.82, 2.24) is 5.32 Å². The van der Waals surface area contributed by atoms with Gasteiger partial charge in [-0.25, -0.2) is 0 Å². The van der Waals surface area contributed by atoms with Gasteiger partial charge in [0.15, 0.2) is 18.0 Å². The minimum Gasteiger partial charge on any atom is -0.493 e. The number of benzene rings is 2. The maximum atomic E-state index is 12.5. The van der Waals surface area contributed by atoms with Crippen LogP contribution in [0.5, 0.6) is 17.2 Å². The first kappa shape index (κ1) is 22.7. The molecule has 0 aliphatic carbocycles. The molecule has 0 bridgehead atoms. The van der Waals surface area contributed by atoms with Crippen LogP contribution in [-0.2, 0) is 11.3 Å². The maximum absolute atomic E-state index is 12.5. The van der Waals surface area contributed by atoms with Gasteiger partial charge < -0.3 is 29.3 Å². The van der Waals surface area contributed by atoms with Crippen LogP contribution >= 0.6 is 0 Å². The number of ether oxygens (including phenoxy) is 3. The van der Waals surface area contributed by atoms with E-state index in [2.05, 4.69) is 42.3 Å². The molecule has 0 aromatic heterocycles. The summed E-state index contributed by atoms with van der Waals surface area (Å²) in [6.45, 7) is 9.04. The van der Waals surface area contributed by atoms with Crippen molar-refractivity contribution in [1.29, 1.82) is 0 Å². The van der Waals surface area contributed by atoms with Crippen LogP contribution in [0, 0.1) is 13.8 Å². The second kappa shape index (κ2) is 10.4. The fraction of sp³-hybridized carbons (Fsp3) is 0.458. The monoisotopic (exact) mass is 428 g/mol. The fourth-order valence-corrected chi connectivity index (χ4v) is 4.05. The number of amides is 1. The summed E-state index contributed by atoms with van der Waals surface area (Å²) in [4.78, 5) is 16.3. The third-order valence-corrected chi connectivity index (χ3v) is 6.01. The Morgan fingerprint density at radius 3 is 2.26 bits per heavy atom. The number of piperazine rings is 1. The highest BCUT2D eigenvalue weighted by molar-refractivity contribution is 5.76. The molecule has 0 spiro atoms. The Bertz CT molecular complexity index is 883. The summed E-state index contributed by atoms with van der Waals surface area (Å²) < 4.78 is 16.1. The highest BCUT2D eigenvalue weighted by Gasteiger charge is 2.23. The molecule has 168 valence electrons. The molecule has 0 radical (unpaired) electrons. The number of carbonyl (C=O) groups is 1. The molecule has 1 fully saturated rings. The van der Waals surface area contributed by atoms with Crippen LogP contribution in [0.2, 0.25) is 0 Å². The third kappa shape index (κ3) is 5.41. The highest BCUT2D eigenvalue weighted by Crippen LogP contribution is 2.38. The van der Waals surface area contributed by atoms with E-state index in [1.165, 1.54) is 21.7 Å². The molecule has 2 N–H and O–H groups in total. The molecule has 1 heterocycles. The number of carbonyl (C=O) groups excluding carboxylic acids is 1. The molecule has 1 aliphatic rings. The zero-order valence-corrected chi connectivity index (χ0v) is 19.2. The summed E-state index contributed by atoms with van der Waals surface area (Å²) in [5.74, 6) is 1.76. The smallest absolute Gasteiger partial charge is 0.275 e. The van der Waals surface area contributed by atoms with Gasteiger partial charge in [0.05, 0.1) is 47.5 Å². The van der Waals surface area contributed by atoms with E-state index in [0.717, 1.165) is 31.7 Å². The summed E-state index contributed by atoms with van der Waals surface area (Å²) in [5, 5.41) is 3.02. The van der Waals surface area contributed by atoms with Crippen LogP contribution in [0.15, 0.2) is 30.3 Å². The van der Waals surface area contributed by atoms with Gasteiger partial charge in [0.1, 0.15) is 0 Å². The van der Waals surface area contributed by atoms with Gasteiger partial charge in [-0.3, -0.25) is 4.79 Å². The van der Waals surface area contributed by atoms with Crippen molar-refractivity contribution in [3.05, 3.63) is 47.0 Å². The molecule has 0 saturated carbocycles. The first-order valence-corrected chi connectivity index (χ1v) is 10.7. The number of hydrogen-bond acceptors (Lipinski definition) is 5. The summed E-state index contributed by atoms with van der Waals surface area (Å²) >= 11 is 0. The Hall–Kier alpha value is -2.93. The van der Waals surface area contributed by atoms with Gasteiger partial charge in [0, 0.05) is 12.2 Å². The van der Waals surface area contributed by atoms with E-state index in [0.29, 0.717) is 30.3 Å². The number of quaternary nitrogens is 1. The zero-order chi connectivity index (χ0) is 22.4. The first-order valence-electron chi connectivity index (χ1n) is 10.7. The lowest BCUT2D eigenvalue weighted by Crippen LogP contribution is -3.15. The molecule has 3 rings (SSSR count). The predicted molar refractivity (Wildman–Crippen MR) is 122 cm³/mol. The lowest BCUT2D eigenvalue weighted by Gasteiger charge is -2.34. The van der Waals surface area contributed by atoms with Crippen molar-refractivity contribution < 1.29 is 23.9 Å². The fourth-order valence-electron chi connectivity index (χ4n) is 4.05. The van der Waals surface area contributed by atoms with Gasteiger partial charge in [-0.1, -0.05) is 12.1 Å². The summed E-state index contributed by atoms with van der Waals surface area (Å²) in [5.41, 5.74) is 4.87. The second-order valence-electron chi connectivity index (χ2n) is 7.94. The van der Waals surface area contributed by atoms with Crippen LogP contribution in [0.1, 0.15) is 16.7 Å². The van der Waals surface area contributed by atoms with Crippen LogP contribution in [0.25, 0.3) is 0 Å². The topological polar surface area (TPSA) is 64.5 Å². The lowest BCUT2D eigenvalue weighted by atomic mass is 10.1. The average Bonchev–Trinajstić information content (AvgIpc) is 2.79. The summed E-state index contributed by atoms with van der Waals surface area (Å²) in [6, 6.07) is 10.2. The Labute approximate surface area is 184 Å². The Kier molecular flexibility index (Phi) is 7.63. The lowest BCUT2D eigenvalue weighted by molar-refractivity contribution is -0.892. The van der Waals surface area contributed by atoms with Gasteiger partial charge in [0.25, 0.3) is 5.91 Å². The third-order valence-electron chi connectivity index (χ3n) is 6.01. The number of hydrogen-bond donors (Lipinski definition) is 2. The number of methoxy groups -OCH3 is 3. The van der Waals surface area contributed by atoms with Crippen LogP contribution in [-0.4, -0.2) is 60.0 Å². The van der Waals surface area contributed by atoms with Gasteiger partial charge in [-0.15, -0.1) is 0 Å². The van der Waals surface area contributed by atoms with Crippen LogP contribution in [0.3, 0.4) is 0 Å². The number of rotatable bonds is 8. The molecule has 0 unspecified atom stereocenters. The molecule has 0 atom stereocenters. The Morgan fingerprint density at radius 2 is 1.68 bits per heavy atom.